The van der Waals surface area contributed by atoms with Gasteiger partial charge in [-0.15, -0.1) is 0 Å². The van der Waals surface area contributed by atoms with Gasteiger partial charge in [-0.2, -0.15) is 0 Å². The lowest BCUT2D eigenvalue weighted by Gasteiger charge is -2.29. The molecule has 1 saturated carbocycles. The van der Waals surface area contributed by atoms with Crippen LogP contribution >= 0.6 is 0 Å². The highest BCUT2D eigenvalue weighted by Crippen LogP contribution is 2.24. The number of nitrogens with zero attached hydrogens (tertiary/aromatic N) is 1. The van der Waals surface area contributed by atoms with Gasteiger partial charge < -0.3 is 9.84 Å². The van der Waals surface area contributed by atoms with Crippen molar-refractivity contribution in [2.24, 2.45) is 5.92 Å². The van der Waals surface area contributed by atoms with E-state index < -0.39 is 0 Å². The molecule has 0 aromatic carbocycles. The van der Waals surface area contributed by atoms with Crippen LogP contribution in [-0.2, 0) is 11.2 Å². The summed E-state index contributed by atoms with van der Waals surface area (Å²) < 4.78 is 5.11. The summed E-state index contributed by atoms with van der Waals surface area (Å²) in [5, 5.41) is 7.10. The van der Waals surface area contributed by atoms with E-state index in [0.717, 1.165) is 23.4 Å². The van der Waals surface area contributed by atoms with Crippen LogP contribution in [-0.4, -0.2) is 17.1 Å². The largest absolute Gasteiger partial charge is 0.361 e. The summed E-state index contributed by atoms with van der Waals surface area (Å²) in [4.78, 5) is 12.0. The van der Waals surface area contributed by atoms with E-state index in [4.69, 9.17) is 4.52 Å². The van der Waals surface area contributed by atoms with Gasteiger partial charge in [0.05, 0.1) is 5.69 Å². The van der Waals surface area contributed by atoms with Crippen LogP contribution < -0.4 is 5.32 Å². The van der Waals surface area contributed by atoms with Crippen molar-refractivity contribution in [1.29, 1.82) is 0 Å². The van der Waals surface area contributed by atoms with Gasteiger partial charge in [0.1, 0.15) is 5.76 Å². The lowest BCUT2D eigenvalue weighted by atomic mass is 9.86. The number of aromatic nitrogens is 1. The molecule has 0 aliphatic heterocycles. The van der Waals surface area contributed by atoms with Gasteiger partial charge in [0.2, 0.25) is 5.91 Å². The van der Waals surface area contributed by atoms with Crippen LogP contribution in [0.1, 0.15) is 56.0 Å². The zero-order valence-corrected chi connectivity index (χ0v) is 12.2. The number of hydrogen-bond acceptors (Lipinski definition) is 3. The van der Waals surface area contributed by atoms with Crippen LogP contribution in [0.2, 0.25) is 0 Å². The number of carbonyl (C=O) groups excluding carboxylic acids is 1. The molecule has 2 unspecified atom stereocenters. The van der Waals surface area contributed by atoms with Gasteiger partial charge >= 0.3 is 0 Å². The van der Waals surface area contributed by atoms with E-state index in [9.17, 15) is 4.79 Å². The first-order valence-corrected chi connectivity index (χ1v) is 7.29. The Hall–Kier alpha value is -1.32. The molecule has 1 fully saturated rings. The highest BCUT2D eigenvalue weighted by molar-refractivity contribution is 5.76. The predicted octanol–water partition coefficient (Wildman–Crippen LogP) is 2.92. The number of nitrogens with one attached hydrogen (secondary N) is 1. The molecular formula is C15H24N2O2. The van der Waals surface area contributed by atoms with Gasteiger partial charge in [0.25, 0.3) is 0 Å². The van der Waals surface area contributed by atoms with Crippen molar-refractivity contribution in [3.8, 4) is 0 Å². The summed E-state index contributed by atoms with van der Waals surface area (Å²) >= 11 is 0. The quantitative estimate of drug-likeness (QED) is 0.909. The molecule has 2 atom stereocenters. The van der Waals surface area contributed by atoms with E-state index in [1.165, 1.54) is 19.3 Å². The minimum atomic E-state index is 0.152. The molecule has 4 nitrogen and oxygen atoms in total. The van der Waals surface area contributed by atoms with Gasteiger partial charge in [-0.05, 0) is 39.0 Å². The predicted molar refractivity (Wildman–Crippen MR) is 73.9 cm³/mol. The number of amides is 1. The van der Waals surface area contributed by atoms with Crippen LogP contribution in [0.4, 0.5) is 0 Å². The molecule has 4 heteroatoms. The average molecular weight is 264 g/mol. The first-order chi connectivity index (χ1) is 9.08. The Labute approximate surface area is 114 Å². The molecule has 1 amide bonds. The van der Waals surface area contributed by atoms with Crippen molar-refractivity contribution < 1.29 is 9.32 Å². The smallest absolute Gasteiger partial charge is 0.220 e. The molecule has 0 bridgehead atoms. The SMILES string of the molecule is Cc1noc(C)c1CCC(=O)NC1CCCCC1C. The first-order valence-electron chi connectivity index (χ1n) is 7.29. The fourth-order valence-corrected chi connectivity index (χ4v) is 2.91. The molecule has 2 rings (SSSR count). The number of hydrogen-bond donors (Lipinski definition) is 1. The second-order valence-electron chi connectivity index (χ2n) is 5.74. The normalized spacial score (nSPS) is 23.3. The third kappa shape index (κ3) is 3.58. The second-order valence-corrected chi connectivity index (χ2v) is 5.74. The zero-order chi connectivity index (χ0) is 13.8. The summed E-state index contributed by atoms with van der Waals surface area (Å²) in [5.74, 6) is 1.59. The molecule has 1 aliphatic rings. The molecule has 1 N–H and O–H groups in total. The average Bonchev–Trinajstić information content (AvgIpc) is 2.70. The molecule has 19 heavy (non-hydrogen) atoms. The first kappa shape index (κ1) is 14.1. The fourth-order valence-electron chi connectivity index (χ4n) is 2.91. The Morgan fingerprint density at radius 1 is 1.37 bits per heavy atom. The van der Waals surface area contributed by atoms with Gasteiger partial charge in [0.15, 0.2) is 0 Å². The topological polar surface area (TPSA) is 55.1 Å². The molecule has 0 radical (unpaired) electrons. The maximum Gasteiger partial charge on any atom is 0.220 e. The molecule has 1 heterocycles. The summed E-state index contributed by atoms with van der Waals surface area (Å²) in [6.07, 6.45) is 6.12. The molecular weight excluding hydrogens is 240 g/mol. The Morgan fingerprint density at radius 3 is 2.74 bits per heavy atom. The van der Waals surface area contributed by atoms with Crippen molar-refractivity contribution in [3.05, 3.63) is 17.0 Å². The Bertz CT molecular complexity index is 420. The van der Waals surface area contributed by atoms with Gasteiger partial charge in [0, 0.05) is 18.0 Å². The molecule has 1 aromatic heterocycles. The maximum absolute atomic E-state index is 12.0. The fraction of sp³-hybridized carbons (Fsp3) is 0.733. The van der Waals surface area contributed by atoms with E-state index >= 15 is 0 Å². The van der Waals surface area contributed by atoms with Gasteiger partial charge in [-0.1, -0.05) is 24.9 Å². The molecule has 1 aromatic rings. The molecule has 1 aliphatic carbocycles. The number of rotatable bonds is 4. The molecule has 106 valence electrons. The van der Waals surface area contributed by atoms with E-state index in [-0.39, 0.29) is 5.91 Å². The van der Waals surface area contributed by atoms with Crippen LogP contribution in [0.15, 0.2) is 4.52 Å². The van der Waals surface area contributed by atoms with Crippen LogP contribution in [0, 0.1) is 19.8 Å². The lowest BCUT2D eigenvalue weighted by Crippen LogP contribution is -2.41. The summed E-state index contributed by atoms with van der Waals surface area (Å²) in [5.41, 5.74) is 1.98. The summed E-state index contributed by atoms with van der Waals surface area (Å²) in [6.45, 7) is 6.06. The molecule has 0 saturated heterocycles. The lowest BCUT2D eigenvalue weighted by molar-refractivity contribution is -0.122. The summed E-state index contributed by atoms with van der Waals surface area (Å²) in [7, 11) is 0. The zero-order valence-electron chi connectivity index (χ0n) is 12.2. The van der Waals surface area contributed by atoms with E-state index in [1.807, 2.05) is 13.8 Å². The van der Waals surface area contributed by atoms with E-state index in [1.54, 1.807) is 0 Å². The second kappa shape index (κ2) is 6.22. The Kier molecular flexibility index (Phi) is 4.61. The van der Waals surface area contributed by atoms with Gasteiger partial charge in [-0.25, -0.2) is 0 Å². The number of carbonyl (C=O) groups is 1. The Balaban J connectivity index is 1.81. The van der Waals surface area contributed by atoms with Crippen molar-refractivity contribution in [2.75, 3.05) is 0 Å². The van der Waals surface area contributed by atoms with Crippen LogP contribution in [0.5, 0.6) is 0 Å². The van der Waals surface area contributed by atoms with E-state index in [0.29, 0.717) is 24.8 Å². The third-order valence-electron chi connectivity index (χ3n) is 4.24. The highest BCUT2D eigenvalue weighted by atomic mass is 16.5. The van der Waals surface area contributed by atoms with E-state index in [2.05, 4.69) is 17.4 Å². The van der Waals surface area contributed by atoms with Crippen molar-refractivity contribution in [3.63, 3.8) is 0 Å². The van der Waals surface area contributed by atoms with Gasteiger partial charge in [-0.3, -0.25) is 4.79 Å². The Morgan fingerprint density at radius 2 is 2.11 bits per heavy atom. The third-order valence-corrected chi connectivity index (χ3v) is 4.24. The monoisotopic (exact) mass is 264 g/mol. The number of aryl methyl sites for hydroxylation is 2. The minimum absolute atomic E-state index is 0.152. The van der Waals surface area contributed by atoms with Crippen LogP contribution in [0.25, 0.3) is 0 Å². The maximum atomic E-state index is 12.0. The van der Waals surface area contributed by atoms with Crippen molar-refractivity contribution in [1.82, 2.24) is 10.5 Å². The van der Waals surface area contributed by atoms with Crippen LogP contribution in [0.3, 0.4) is 0 Å². The standard InChI is InChI=1S/C15H24N2O2/c1-10-6-4-5-7-14(10)16-15(18)9-8-13-11(2)17-19-12(13)3/h10,14H,4-9H2,1-3H3,(H,16,18). The minimum Gasteiger partial charge on any atom is -0.361 e. The highest BCUT2D eigenvalue weighted by Gasteiger charge is 2.22. The summed E-state index contributed by atoms with van der Waals surface area (Å²) in [6, 6.07) is 0.367. The molecule has 0 spiro atoms. The van der Waals surface area contributed by atoms with Crippen molar-refractivity contribution >= 4 is 5.91 Å². The van der Waals surface area contributed by atoms with Crippen molar-refractivity contribution in [2.45, 2.75) is 65.3 Å².